The predicted octanol–water partition coefficient (Wildman–Crippen LogP) is 4.06. The van der Waals surface area contributed by atoms with Crippen molar-refractivity contribution in [1.82, 2.24) is 4.98 Å². The monoisotopic (exact) mass is 348 g/mol. The number of hydrogen-bond donors (Lipinski definition) is 1. The lowest BCUT2D eigenvalue weighted by Crippen LogP contribution is -2.08. The van der Waals surface area contributed by atoms with Crippen LogP contribution in [0, 0.1) is 9.39 Å². The number of hydrogen-bond acceptors (Lipinski definition) is 3. The van der Waals surface area contributed by atoms with Crippen LogP contribution in [0.1, 0.15) is 18.7 Å². The Hall–Kier alpha value is -0.690. The summed E-state index contributed by atoms with van der Waals surface area (Å²) >= 11 is 3.69. The van der Waals surface area contributed by atoms with Crippen LogP contribution in [0.3, 0.4) is 0 Å². The SMILES string of the molecule is CC(Nc1ccc(F)cc1I)c1cscn1. The molecule has 2 aromatic rings. The molecule has 1 heterocycles. The third-order valence-electron chi connectivity index (χ3n) is 2.20. The molecule has 1 atom stereocenters. The fraction of sp³-hybridized carbons (Fsp3) is 0.182. The fourth-order valence-electron chi connectivity index (χ4n) is 1.35. The second-order valence-electron chi connectivity index (χ2n) is 3.40. The molecule has 0 radical (unpaired) electrons. The highest BCUT2D eigenvalue weighted by Crippen LogP contribution is 2.24. The van der Waals surface area contributed by atoms with Crippen LogP contribution < -0.4 is 5.32 Å². The number of thiazole rings is 1. The summed E-state index contributed by atoms with van der Waals surface area (Å²) in [6, 6.07) is 4.85. The Labute approximate surface area is 111 Å². The van der Waals surface area contributed by atoms with Gasteiger partial charge in [-0.2, -0.15) is 0 Å². The maximum absolute atomic E-state index is 12.9. The topological polar surface area (TPSA) is 24.9 Å². The molecule has 0 saturated carbocycles. The molecule has 0 saturated heterocycles. The third-order valence-corrected chi connectivity index (χ3v) is 3.70. The van der Waals surface area contributed by atoms with Gasteiger partial charge in [0.05, 0.1) is 17.2 Å². The molecule has 2 nitrogen and oxygen atoms in total. The first-order valence-electron chi connectivity index (χ1n) is 4.76. The lowest BCUT2D eigenvalue weighted by molar-refractivity contribution is 0.627. The Bertz CT molecular complexity index is 473. The van der Waals surface area contributed by atoms with Crippen molar-refractivity contribution in [1.29, 1.82) is 0 Å². The molecule has 2 rings (SSSR count). The van der Waals surface area contributed by atoms with Crippen LogP contribution in [0.5, 0.6) is 0 Å². The van der Waals surface area contributed by atoms with Crippen molar-refractivity contribution in [2.24, 2.45) is 0 Å². The minimum atomic E-state index is -0.212. The molecule has 0 bridgehead atoms. The molecule has 1 unspecified atom stereocenters. The van der Waals surface area contributed by atoms with E-state index in [1.807, 2.05) is 17.8 Å². The highest BCUT2D eigenvalue weighted by atomic mass is 127. The van der Waals surface area contributed by atoms with Crippen LogP contribution in [-0.2, 0) is 0 Å². The zero-order chi connectivity index (χ0) is 11.5. The predicted molar refractivity (Wildman–Crippen MR) is 73.3 cm³/mol. The van der Waals surface area contributed by atoms with Crippen molar-refractivity contribution in [2.45, 2.75) is 13.0 Å². The molecule has 0 aliphatic rings. The normalized spacial score (nSPS) is 12.4. The molecule has 1 N–H and O–H groups in total. The molecule has 1 aromatic heterocycles. The van der Waals surface area contributed by atoms with Gasteiger partial charge in [0, 0.05) is 14.6 Å². The molecule has 16 heavy (non-hydrogen) atoms. The van der Waals surface area contributed by atoms with E-state index in [-0.39, 0.29) is 11.9 Å². The minimum Gasteiger partial charge on any atom is -0.376 e. The van der Waals surface area contributed by atoms with Crippen molar-refractivity contribution in [3.05, 3.63) is 44.2 Å². The maximum atomic E-state index is 12.9. The first kappa shape index (κ1) is 11.8. The Balaban J connectivity index is 2.15. The van der Waals surface area contributed by atoms with E-state index in [0.717, 1.165) is 15.0 Å². The zero-order valence-electron chi connectivity index (χ0n) is 8.58. The Morgan fingerprint density at radius 1 is 1.50 bits per heavy atom. The van der Waals surface area contributed by atoms with Crippen LogP contribution in [0.15, 0.2) is 29.1 Å². The third kappa shape index (κ3) is 2.70. The van der Waals surface area contributed by atoms with Gasteiger partial charge in [-0.1, -0.05) is 0 Å². The first-order chi connectivity index (χ1) is 7.66. The largest absolute Gasteiger partial charge is 0.376 e. The van der Waals surface area contributed by atoms with Crippen molar-refractivity contribution in [2.75, 3.05) is 5.32 Å². The quantitative estimate of drug-likeness (QED) is 0.847. The molecule has 0 amide bonds. The van der Waals surface area contributed by atoms with Gasteiger partial charge in [0.1, 0.15) is 5.82 Å². The molecule has 5 heteroatoms. The van der Waals surface area contributed by atoms with Gasteiger partial charge in [-0.25, -0.2) is 9.37 Å². The maximum Gasteiger partial charge on any atom is 0.124 e. The molecular weight excluding hydrogens is 338 g/mol. The summed E-state index contributed by atoms with van der Waals surface area (Å²) in [4.78, 5) is 4.24. The molecule has 84 valence electrons. The van der Waals surface area contributed by atoms with Gasteiger partial charge < -0.3 is 5.32 Å². The van der Waals surface area contributed by atoms with Gasteiger partial charge in [-0.15, -0.1) is 11.3 Å². The number of aromatic nitrogens is 1. The lowest BCUT2D eigenvalue weighted by Gasteiger charge is -2.14. The minimum absolute atomic E-state index is 0.130. The summed E-state index contributed by atoms with van der Waals surface area (Å²) in [6.45, 7) is 2.04. The molecule has 0 aliphatic heterocycles. The van der Waals surface area contributed by atoms with E-state index in [1.165, 1.54) is 12.1 Å². The van der Waals surface area contributed by atoms with Gasteiger partial charge in [0.25, 0.3) is 0 Å². The number of benzene rings is 1. The average molecular weight is 348 g/mol. The van der Waals surface area contributed by atoms with Gasteiger partial charge in [-0.05, 0) is 47.7 Å². The lowest BCUT2D eigenvalue weighted by atomic mass is 10.2. The molecule has 0 spiro atoms. The van der Waals surface area contributed by atoms with Crippen molar-refractivity contribution >= 4 is 39.6 Å². The van der Waals surface area contributed by atoms with E-state index < -0.39 is 0 Å². The van der Waals surface area contributed by atoms with E-state index in [1.54, 1.807) is 17.4 Å². The van der Waals surface area contributed by atoms with Crippen LogP contribution in [0.2, 0.25) is 0 Å². The summed E-state index contributed by atoms with van der Waals surface area (Å²) in [7, 11) is 0. The van der Waals surface area contributed by atoms with E-state index in [2.05, 4.69) is 32.9 Å². The number of nitrogens with one attached hydrogen (secondary N) is 1. The fourth-order valence-corrected chi connectivity index (χ4v) is 2.63. The van der Waals surface area contributed by atoms with E-state index in [0.29, 0.717) is 0 Å². The number of halogens is 2. The van der Waals surface area contributed by atoms with Crippen LogP contribution in [0.25, 0.3) is 0 Å². The van der Waals surface area contributed by atoms with Crippen molar-refractivity contribution < 1.29 is 4.39 Å². The summed E-state index contributed by atoms with van der Waals surface area (Å²) in [6.07, 6.45) is 0. The number of nitrogens with zero attached hydrogens (tertiary/aromatic N) is 1. The summed E-state index contributed by atoms with van der Waals surface area (Å²) < 4.78 is 13.8. The molecule has 0 fully saturated rings. The Morgan fingerprint density at radius 3 is 2.94 bits per heavy atom. The van der Waals surface area contributed by atoms with Gasteiger partial charge in [-0.3, -0.25) is 0 Å². The van der Waals surface area contributed by atoms with Gasteiger partial charge in [0.15, 0.2) is 0 Å². The number of anilines is 1. The molecule has 1 aromatic carbocycles. The zero-order valence-corrected chi connectivity index (χ0v) is 11.5. The standard InChI is InChI=1S/C11H10FIN2S/c1-7(11-5-16-6-14-11)15-10-3-2-8(12)4-9(10)13/h2-7,15H,1H3. The van der Waals surface area contributed by atoms with E-state index >= 15 is 0 Å². The van der Waals surface area contributed by atoms with Gasteiger partial charge >= 0.3 is 0 Å². The number of rotatable bonds is 3. The second kappa shape index (κ2) is 5.09. The highest BCUT2D eigenvalue weighted by Gasteiger charge is 2.09. The van der Waals surface area contributed by atoms with E-state index in [9.17, 15) is 4.39 Å². The molecular formula is C11H10FIN2S. The summed E-state index contributed by atoms with van der Waals surface area (Å²) in [5.41, 5.74) is 3.75. The highest BCUT2D eigenvalue weighted by molar-refractivity contribution is 14.1. The molecule has 0 aliphatic carbocycles. The van der Waals surface area contributed by atoms with Crippen LogP contribution in [-0.4, -0.2) is 4.98 Å². The van der Waals surface area contributed by atoms with E-state index in [4.69, 9.17) is 0 Å². The summed E-state index contributed by atoms with van der Waals surface area (Å²) in [5.74, 6) is -0.212. The van der Waals surface area contributed by atoms with Crippen molar-refractivity contribution in [3.8, 4) is 0 Å². The van der Waals surface area contributed by atoms with Crippen molar-refractivity contribution in [3.63, 3.8) is 0 Å². The Morgan fingerprint density at radius 2 is 2.31 bits per heavy atom. The Kier molecular flexibility index (Phi) is 3.75. The van der Waals surface area contributed by atoms with Crippen LogP contribution in [0.4, 0.5) is 10.1 Å². The second-order valence-corrected chi connectivity index (χ2v) is 5.28. The van der Waals surface area contributed by atoms with Crippen LogP contribution >= 0.6 is 33.9 Å². The summed E-state index contributed by atoms with van der Waals surface area (Å²) in [5, 5.41) is 5.32. The van der Waals surface area contributed by atoms with Gasteiger partial charge in [0.2, 0.25) is 0 Å². The smallest absolute Gasteiger partial charge is 0.124 e. The first-order valence-corrected chi connectivity index (χ1v) is 6.78. The average Bonchev–Trinajstić information content (AvgIpc) is 2.75.